The van der Waals surface area contributed by atoms with E-state index in [1.165, 1.54) is 37.5 Å². The van der Waals surface area contributed by atoms with Gasteiger partial charge in [-0.3, -0.25) is 4.79 Å². The van der Waals surface area contributed by atoms with Crippen LogP contribution in [0.15, 0.2) is 77.2 Å². The fourth-order valence-electron chi connectivity index (χ4n) is 2.80. The third kappa shape index (κ3) is 6.13. The second kappa shape index (κ2) is 10.2. The summed E-state index contributed by atoms with van der Waals surface area (Å²) < 4.78 is 35.9. The first kappa shape index (κ1) is 23.9. The first-order valence-corrected chi connectivity index (χ1v) is 11.4. The van der Waals surface area contributed by atoms with Gasteiger partial charge in [0.2, 0.25) is 0 Å². The predicted molar refractivity (Wildman–Crippen MR) is 126 cm³/mol. The molecule has 0 aliphatic carbocycles. The van der Waals surface area contributed by atoms with Crippen molar-refractivity contribution >= 4 is 39.4 Å². The van der Waals surface area contributed by atoms with Gasteiger partial charge in [0.25, 0.3) is 5.91 Å². The minimum atomic E-state index is -4.13. The summed E-state index contributed by atoms with van der Waals surface area (Å²) in [6.45, 7) is 1.84. The first-order valence-electron chi connectivity index (χ1n) is 9.60. The molecule has 0 radical (unpaired) electrons. The van der Waals surface area contributed by atoms with Crippen LogP contribution in [0.1, 0.15) is 11.1 Å². The molecule has 33 heavy (non-hydrogen) atoms. The molecule has 3 aromatic rings. The van der Waals surface area contributed by atoms with Crippen molar-refractivity contribution < 1.29 is 22.1 Å². The van der Waals surface area contributed by atoms with E-state index < -0.39 is 16.0 Å². The van der Waals surface area contributed by atoms with Crippen molar-refractivity contribution in [2.45, 2.75) is 11.8 Å². The lowest BCUT2D eigenvalue weighted by Crippen LogP contribution is -2.13. The van der Waals surface area contributed by atoms with Crippen molar-refractivity contribution in [1.82, 2.24) is 0 Å². The molecule has 1 N–H and O–H groups in total. The molecule has 0 spiro atoms. The topological polar surface area (TPSA) is 105 Å². The van der Waals surface area contributed by atoms with Crippen molar-refractivity contribution in [3.63, 3.8) is 0 Å². The average molecular weight is 483 g/mol. The van der Waals surface area contributed by atoms with Gasteiger partial charge in [-0.05, 0) is 61.0 Å². The quantitative estimate of drug-likeness (QED) is 0.289. The zero-order valence-corrected chi connectivity index (χ0v) is 19.3. The van der Waals surface area contributed by atoms with E-state index in [1.54, 1.807) is 42.5 Å². The minimum absolute atomic E-state index is 0.0188. The Kier molecular flexibility index (Phi) is 7.38. The third-order valence-corrected chi connectivity index (χ3v) is 5.94. The Hall–Kier alpha value is -3.80. The lowest BCUT2D eigenvalue weighted by Gasteiger charge is -2.12. The lowest BCUT2D eigenvalue weighted by molar-refractivity contribution is -0.112. The molecule has 0 heterocycles. The summed E-state index contributed by atoms with van der Waals surface area (Å²) in [5, 5.41) is 12.5. The number of carbonyl (C=O) groups excluding carboxylic acids is 1. The molecule has 0 saturated heterocycles. The van der Waals surface area contributed by atoms with Gasteiger partial charge in [0.15, 0.2) is 11.5 Å². The van der Waals surface area contributed by atoms with Gasteiger partial charge in [-0.1, -0.05) is 41.4 Å². The van der Waals surface area contributed by atoms with Crippen LogP contribution in [0.3, 0.4) is 0 Å². The van der Waals surface area contributed by atoms with Crippen LogP contribution in [0.5, 0.6) is 11.5 Å². The normalized spacial score (nSPS) is 11.4. The van der Waals surface area contributed by atoms with Crippen LogP contribution in [0.25, 0.3) is 6.08 Å². The van der Waals surface area contributed by atoms with Gasteiger partial charge in [0.05, 0.1) is 7.11 Å². The number of rotatable bonds is 7. The number of anilines is 1. The monoisotopic (exact) mass is 482 g/mol. The fraction of sp³-hybridized carbons (Fsp3) is 0.0833. The molecule has 0 atom stereocenters. The van der Waals surface area contributed by atoms with Gasteiger partial charge in [-0.25, -0.2) is 0 Å². The summed E-state index contributed by atoms with van der Waals surface area (Å²) in [7, 11) is -2.76. The van der Waals surface area contributed by atoms with E-state index in [9.17, 15) is 18.5 Å². The lowest BCUT2D eigenvalue weighted by atomic mass is 10.1. The standard InChI is InChI=1S/C24H19ClN2O5S/c1-16-6-9-21(10-7-16)33(29,30)32-23-13-17(8-11-22(23)31-2)12-18(15-26)24(28)27-20-5-3-4-19(25)14-20/h3-14H,1-2H3,(H,27,28)/b18-12+. The summed E-state index contributed by atoms with van der Waals surface area (Å²) in [4.78, 5) is 12.5. The molecule has 168 valence electrons. The Morgan fingerprint density at radius 2 is 1.79 bits per heavy atom. The van der Waals surface area contributed by atoms with Crippen molar-refractivity contribution in [2.24, 2.45) is 0 Å². The fourth-order valence-corrected chi connectivity index (χ4v) is 3.92. The number of halogens is 1. The van der Waals surface area contributed by atoms with Crippen LogP contribution in [0.4, 0.5) is 5.69 Å². The van der Waals surface area contributed by atoms with Gasteiger partial charge in [0.1, 0.15) is 16.5 Å². The molecule has 3 rings (SSSR count). The Bertz CT molecular complexity index is 1360. The molecule has 3 aromatic carbocycles. The highest BCUT2D eigenvalue weighted by Crippen LogP contribution is 2.31. The largest absolute Gasteiger partial charge is 0.493 e. The number of nitrogens with one attached hydrogen (secondary N) is 1. The maximum atomic E-state index is 12.7. The molecule has 9 heteroatoms. The molecular weight excluding hydrogens is 464 g/mol. The summed E-state index contributed by atoms with van der Waals surface area (Å²) >= 11 is 5.92. The molecule has 0 bridgehead atoms. The molecule has 0 aliphatic heterocycles. The Morgan fingerprint density at radius 3 is 2.42 bits per heavy atom. The van der Waals surface area contributed by atoms with E-state index in [-0.39, 0.29) is 22.0 Å². The number of hydrogen-bond donors (Lipinski definition) is 1. The smallest absolute Gasteiger partial charge is 0.339 e. The molecule has 0 aliphatic rings. The van der Waals surface area contributed by atoms with Crippen LogP contribution in [0, 0.1) is 18.3 Å². The average Bonchev–Trinajstić information content (AvgIpc) is 2.77. The number of carbonyl (C=O) groups is 1. The molecule has 0 unspecified atom stereocenters. The molecule has 0 saturated carbocycles. The van der Waals surface area contributed by atoms with Gasteiger partial charge in [-0.2, -0.15) is 13.7 Å². The molecule has 0 aromatic heterocycles. The number of ether oxygens (including phenoxy) is 1. The van der Waals surface area contributed by atoms with Gasteiger partial charge in [-0.15, -0.1) is 0 Å². The van der Waals surface area contributed by atoms with E-state index in [1.807, 2.05) is 13.0 Å². The SMILES string of the molecule is COc1ccc(/C=C(\C#N)C(=O)Nc2cccc(Cl)c2)cc1OS(=O)(=O)c1ccc(C)cc1. The van der Waals surface area contributed by atoms with E-state index in [0.717, 1.165) is 5.56 Å². The Balaban J connectivity index is 1.90. The highest BCUT2D eigenvalue weighted by molar-refractivity contribution is 7.87. The minimum Gasteiger partial charge on any atom is -0.493 e. The van der Waals surface area contributed by atoms with Crippen LogP contribution in [-0.2, 0) is 14.9 Å². The van der Waals surface area contributed by atoms with Gasteiger partial charge >= 0.3 is 10.1 Å². The highest BCUT2D eigenvalue weighted by Gasteiger charge is 2.20. The number of methoxy groups -OCH3 is 1. The number of benzene rings is 3. The van der Waals surface area contributed by atoms with E-state index in [2.05, 4.69) is 5.32 Å². The van der Waals surface area contributed by atoms with E-state index in [4.69, 9.17) is 20.5 Å². The third-order valence-electron chi connectivity index (χ3n) is 4.46. The van der Waals surface area contributed by atoms with Crippen LogP contribution in [0.2, 0.25) is 5.02 Å². The van der Waals surface area contributed by atoms with Crippen molar-refractivity contribution in [3.8, 4) is 17.6 Å². The zero-order valence-electron chi connectivity index (χ0n) is 17.7. The second-order valence-corrected chi connectivity index (χ2v) is 8.88. The number of hydrogen-bond acceptors (Lipinski definition) is 6. The van der Waals surface area contributed by atoms with Crippen molar-refractivity contribution in [2.75, 3.05) is 12.4 Å². The Labute approximate surface area is 197 Å². The highest BCUT2D eigenvalue weighted by atomic mass is 35.5. The molecule has 0 fully saturated rings. The van der Waals surface area contributed by atoms with Gasteiger partial charge < -0.3 is 14.2 Å². The maximum Gasteiger partial charge on any atom is 0.339 e. The van der Waals surface area contributed by atoms with E-state index >= 15 is 0 Å². The maximum absolute atomic E-state index is 12.7. The number of aryl methyl sites for hydroxylation is 1. The van der Waals surface area contributed by atoms with Gasteiger partial charge in [0, 0.05) is 10.7 Å². The van der Waals surface area contributed by atoms with Crippen molar-refractivity contribution in [3.05, 3.63) is 88.5 Å². The van der Waals surface area contributed by atoms with Crippen LogP contribution in [-0.4, -0.2) is 21.4 Å². The van der Waals surface area contributed by atoms with Crippen LogP contribution < -0.4 is 14.2 Å². The van der Waals surface area contributed by atoms with Crippen LogP contribution >= 0.6 is 11.6 Å². The first-order chi connectivity index (χ1) is 15.7. The summed E-state index contributed by atoms with van der Waals surface area (Å²) in [6.07, 6.45) is 1.31. The predicted octanol–water partition coefficient (Wildman–Crippen LogP) is 4.97. The number of nitriles is 1. The number of amides is 1. The zero-order chi connectivity index (χ0) is 24.0. The molecule has 7 nitrogen and oxygen atoms in total. The molecular formula is C24H19ClN2O5S. The Morgan fingerprint density at radius 1 is 1.06 bits per heavy atom. The molecule has 1 amide bonds. The summed E-state index contributed by atoms with van der Waals surface area (Å²) in [6, 6.07) is 18.9. The second-order valence-electron chi connectivity index (χ2n) is 6.90. The van der Waals surface area contributed by atoms with E-state index in [0.29, 0.717) is 16.3 Å². The summed E-state index contributed by atoms with van der Waals surface area (Å²) in [5.74, 6) is -0.561. The van der Waals surface area contributed by atoms with Crippen molar-refractivity contribution in [1.29, 1.82) is 5.26 Å². The number of nitrogens with zero attached hydrogens (tertiary/aromatic N) is 1. The summed E-state index contributed by atoms with van der Waals surface area (Å²) in [5.41, 5.74) is 1.49.